The summed E-state index contributed by atoms with van der Waals surface area (Å²) in [6, 6.07) is 10.4. The van der Waals surface area contributed by atoms with Crippen molar-refractivity contribution in [3.63, 3.8) is 0 Å². The molecule has 0 bridgehead atoms. The van der Waals surface area contributed by atoms with E-state index in [9.17, 15) is 4.79 Å². The molecule has 1 aromatic carbocycles. The molecule has 1 heterocycles. The highest BCUT2D eigenvalue weighted by Crippen LogP contribution is 2.20. The van der Waals surface area contributed by atoms with E-state index in [1.54, 1.807) is 0 Å². The number of carbonyl (C=O) groups excluding carboxylic acids is 1. The number of nitrogens with zero attached hydrogens (tertiary/aromatic N) is 1. The van der Waals surface area contributed by atoms with Crippen molar-refractivity contribution < 1.29 is 4.79 Å². The molecule has 0 saturated carbocycles. The first-order valence-corrected chi connectivity index (χ1v) is 7.24. The predicted molar refractivity (Wildman–Crippen MR) is 78.1 cm³/mol. The predicted octanol–water partition coefficient (Wildman–Crippen LogP) is 2.39. The zero-order valence-electron chi connectivity index (χ0n) is 11.9. The summed E-state index contributed by atoms with van der Waals surface area (Å²) in [6.45, 7) is 4.23. The quantitative estimate of drug-likeness (QED) is 0.901. The summed E-state index contributed by atoms with van der Waals surface area (Å²) in [4.78, 5) is 14.7. The van der Waals surface area contributed by atoms with E-state index in [4.69, 9.17) is 0 Å². The van der Waals surface area contributed by atoms with Crippen LogP contribution in [0.15, 0.2) is 30.3 Å². The minimum atomic E-state index is -0.0131. The maximum atomic E-state index is 12.4. The second-order valence-corrected chi connectivity index (χ2v) is 5.46. The van der Waals surface area contributed by atoms with Gasteiger partial charge >= 0.3 is 0 Å². The summed E-state index contributed by atoms with van der Waals surface area (Å²) >= 11 is 0. The second kappa shape index (κ2) is 6.71. The number of rotatable bonds is 4. The highest BCUT2D eigenvalue weighted by atomic mass is 16.1. The van der Waals surface area contributed by atoms with E-state index in [1.807, 2.05) is 30.3 Å². The van der Waals surface area contributed by atoms with Crippen LogP contribution in [0.1, 0.15) is 37.7 Å². The zero-order valence-corrected chi connectivity index (χ0v) is 11.9. The van der Waals surface area contributed by atoms with Crippen LogP contribution in [0.4, 0.5) is 0 Å². The van der Waals surface area contributed by atoms with E-state index in [0.717, 1.165) is 37.9 Å². The molecule has 3 nitrogen and oxygen atoms in total. The lowest BCUT2D eigenvalue weighted by molar-refractivity contribution is -0.123. The van der Waals surface area contributed by atoms with Crippen LogP contribution in [0.5, 0.6) is 0 Å². The molecule has 1 N–H and O–H groups in total. The van der Waals surface area contributed by atoms with Crippen molar-refractivity contribution in [2.24, 2.45) is 0 Å². The van der Waals surface area contributed by atoms with Gasteiger partial charge in [-0.3, -0.25) is 4.79 Å². The summed E-state index contributed by atoms with van der Waals surface area (Å²) in [6.07, 6.45) is 2.98. The number of nitrogens with one attached hydrogen (secondary N) is 1. The topological polar surface area (TPSA) is 32.3 Å². The Morgan fingerprint density at radius 3 is 2.53 bits per heavy atom. The molecule has 1 aliphatic heterocycles. The number of hydrogen-bond donors (Lipinski definition) is 1. The number of benzene rings is 1. The first-order valence-electron chi connectivity index (χ1n) is 7.24. The van der Waals surface area contributed by atoms with Gasteiger partial charge in [0.1, 0.15) is 0 Å². The van der Waals surface area contributed by atoms with Crippen LogP contribution >= 0.6 is 0 Å². The summed E-state index contributed by atoms with van der Waals surface area (Å²) in [7, 11) is 2.14. The zero-order chi connectivity index (χ0) is 13.7. The van der Waals surface area contributed by atoms with Crippen LogP contribution in [0.3, 0.4) is 0 Å². The van der Waals surface area contributed by atoms with Gasteiger partial charge in [0.15, 0.2) is 0 Å². The molecule has 19 heavy (non-hydrogen) atoms. The van der Waals surface area contributed by atoms with E-state index in [1.165, 1.54) is 0 Å². The number of likely N-dealkylation sites (tertiary alicyclic amines) is 1. The summed E-state index contributed by atoms with van der Waals surface area (Å²) in [5, 5.41) is 3.22. The number of carbonyl (C=O) groups is 1. The monoisotopic (exact) mass is 260 g/mol. The molecular formula is C16H24N2O. The van der Waals surface area contributed by atoms with Gasteiger partial charge in [0, 0.05) is 6.04 Å². The standard InChI is InChI=1S/C16H24N2O/c1-3-15(13-7-5-4-6-8-13)16(19)17-14-9-11-18(2)12-10-14/h4-8,14-15H,3,9-12H2,1-2H3,(H,17,19)/t15-/m1/s1. The van der Waals surface area contributed by atoms with E-state index >= 15 is 0 Å². The van der Waals surface area contributed by atoms with Gasteiger partial charge in [-0.25, -0.2) is 0 Å². The van der Waals surface area contributed by atoms with Crippen molar-refractivity contribution in [2.75, 3.05) is 20.1 Å². The van der Waals surface area contributed by atoms with Gasteiger partial charge in [-0.2, -0.15) is 0 Å². The van der Waals surface area contributed by atoms with Gasteiger partial charge in [-0.05, 0) is 45.0 Å². The van der Waals surface area contributed by atoms with Crippen molar-refractivity contribution in [1.29, 1.82) is 0 Å². The van der Waals surface area contributed by atoms with Crippen LogP contribution in [0, 0.1) is 0 Å². The third kappa shape index (κ3) is 3.80. The minimum absolute atomic E-state index is 0.0131. The van der Waals surface area contributed by atoms with Crippen molar-refractivity contribution >= 4 is 5.91 Å². The van der Waals surface area contributed by atoms with Gasteiger partial charge in [0.05, 0.1) is 5.92 Å². The Labute approximate surface area is 116 Å². The molecular weight excluding hydrogens is 236 g/mol. The first kappa shape index (κ1) is 14.1. The van der Waals surface area contributed by atoms with Gasteiger partial charge in [0.25, 0.3) is 0 Å². The van der Waals surface area contributed by atoms with Gasteiger partial charge < -0.3 is 10.2 Å². The minimum Gasteiger partial charge on any atom is -0.353 e. The summed E-state index contributed by atoms with van der Waals surface area (Å²) < 4.78 is 0. The van der Waals surface area contributed by atoms with Crippen LogP contribution in [0.2, 0.25) is 0 Å². The Morgan fingerprint density at radius 1 is 1.32 bits per heavy atom. The molecule has 1 aliphatic rings. The van der Waals surface area contributed by atoms with Crippen molar-refractivity contribution in [3.8, 4) is 0 Å². The molecule has 1 fully saturated rings. The normalized spacial score (nSPS) is 19.1. The molecule has 0 aliphatic carbocycles. The lowest BCUT2D eigenvalue weighted by Crippen LogP contribution is -2.44. The van der Waals surface area contributed by atoms with E-state index < -0.39 is 0 Å². The Bertz CT molecular complexity index is 396. The number of hydrogen-bond acceptors (Lipinski definition) is 2. The molecule has 2 rings (SSSR count). The van der Waals surface area contributed by atoms with E-state index in [0.29, 0.717) is 6.04 Å². The average molecular weight is 260 g/mol. The highest BCUT2D eigenvalue weighted by Gasteiger charge is 2.23. The average Bonchev–Trinajstić information content (AvgIpc) is 2.43. The summed E-state index contributed by atoms with van der Waals surface area (Å²) in [5.74, 6) is 0.170. The molecule has 3 heteroatoms. The third-order valence-electron chi connectivity index (χ3n) is 3.99. The number of piperidine rings is 1. The van der Waals surface area contributed by atoms with Crippen molar-refractivity contribution in [1.82, 2.24) is 10.2 Å². The molecule has 0 spiro atoms. The van der Waals surface area contributed by atoms with Crippen LogP contribution < -0.4 is 5.32 Å². The Morgan fingerprint density at radius 2 is 1.95 bits per heavy atom. The maximum absolute atomic E-state index is 12.4. The SMILES string of the molecule is CC[C@@H](C(=O)NC1CCN(C)CC1)c1ccccc1. The van der Waals surface area contributed by atoms with Crippen molar-refractivity contribution in [2.45, 2.75) is 38.1 Å². The van der Waals surface area contributed by atoms with Crippen LogP contribution in [-0.4, -0.2) is 37.0 Å². The van der Waals surface area contributed by atoms with E-state index in [2.05, 4.69) is 24.2 Å². The molecule has 1 saturated heterocycles. The molecule has 0 aromatic heterocycles. The fourth-order valence-electron chi connectivity index (χ4n) is 2.71. The fraction of sp³-hybridized carbons (Fsp3) is 0.562. The molecule has 1 amide bonds. The second-order valence-electron chi connectivity index (χ2n) is 5.46. The molecule has 0 radical (unpaired) electrons. The van der Waals surface area contributed by atoms with E-state index in [-0.39, 0.29) is 11.8 Å². The van der Waals surface area contributed by atoms with Gasteiger partial charge in [-0.1, -0.05) is 37.3 Å². The smallest absolute Gasteiger partial charge is 0.227 e. The lowest BCUT2D eigenvalue weighted by Gasteiger charge is -2.30. The van der Waals surface area contributed by atoms with Crippen molar-refractivity contribution in [3.05, 3.63) is 35.9 Å². The Hall–Kier alpha value is -1.35. The maximum Gasteiger partial charge on any atom is 0.227 e. The Kier molecular flexibility index (Phi) is 4.97. The van der Waals surface area contributed by atoms with Gasteiger partial charge in [-0.15, -0.1) is 0 Å². The molecule has 1 aromatic rings. The number of amides is 1. The molecule has 0 unspecified atom stereocenters. The molecule has 104 valence electrons. The lowest BCUT2D eigenvalue weighted by atomic mass is 9.94. The largest absolute Gasteiger partial charge is 0.353 e. The Balaban J connectivity index is 1.94. The fourth-order valence-corrected chi connectivity index (χ4v) is 2.71. The summed E-state index contributed by atoms with van der Waals surface area (Å²) in [5.41, 5.74) is 1.12. The third-order valence-corrected chi connectivity index (χ3v) is 3.99. The first-order chi connectivity index (χ1) is 9.20. The van der Waals surface area contributed by atoms with Crippen LogP contribution in [0.25, 0.3) is 0 Å². The highest BCUT2D eigenvalue weighted by molar-refractivity contribution is 5.83. The van der Waals surface area contributed by atoms with Gasteiger partial charge in [0.2, 0.25) is 5.91 Å². The molecule has 1 atom stereocenters. The van der Waals surface area contributed by atoms with Crippen LogP contribution in [-0.2, 0) is 4.79 Å².